The van der Waals surface area contributed by atoms with Gasteiger partial charge in [-0.25, -0.2) is 0 Å². The van der Waals surface area contributed by atoms with Gasteiger partial charge >= 0.3 is 0 Å². The fourth-order valence-corrected chi connectivity index (χ4v) is 1.51. The molecule has 1 atom stereocenters. The first-order valence-electron chi connectivity index (χ1n) is 3.53. The number of aldehydes is 1. The van der Waals surface area contributed by atoms with E-state index >= 15 is 0 Å². The average Bonchev–Trinajstić information content (AvgIpc) is 2.47. The Morgan fingerprint density at radius 3 is 3.00 bits per heavy atom. The number of carbonyl (C=O) groups is 1. The smallest absolute Gasteiger partial charge is 0.193 e. The molecule has 0 spiro atoms. The van der Waals surface area contributed by atoms with Crippen molar-refractivity contribution in [3.8, 4) is 0 Å². The summed E-state index contributed by atoms with van der Waals surface area (Å²) in [6.07, 6.45) is 0.912. The highest BCUT2D eigenvalue weighted by Crippen LogP contribution is 2.20. The molecular formula is C8H9ClO2S. The summed E-state index contributed by atoms with van der Waals surface area (Å²) in [6, 6.07) is 3.51. The molecule has 0 radical (unpaired) electrons. The highest BCUT2D eigenvalue weighted by atomic mass is 35.5. The summed E-state index contributed by atoms with van der Waals surface area (Å²) in [5.74, 6) is 1.49. The van der Waals surface area contributed by atoms with E-state index in [0.29, 0.717) is 11.0 Å². The maximum absolute atomic E-state index is 10.3. The second-order valence-electron chi connectivity index (χ2n) is 2.36. The summed E-state index contributed by atoms with van der Waals surface area (Å²) in [5.41, 5.74) is 0. The number of hydrogen-bond donors (Lipinski definition) is 0. The molecule has 1 heterocycles. The van der Waals surface area contributed by atoms with Crippen molar-refractivity contribution in [1.82, 2.24) is 0 Å². The number of furan rings is 1. The molecule has 0 aliphatic heterocycles. The minimum atomic E-state index is 0.00822. The monoisotopic (exact) mass is 204 g/mol. The normalized spacial score (nSPS) is 12.8. The van der Waals surface area contributed by atoms with E-state index in [9.17, 15) is 4.79 Å². The first-order chi connectivity index (χ1) is 5.72. The van der Waals surface area contributed by atoms with Crippen LogP contribution in [-0.4, -0.2) is 11.5 Å². The number of carbonyl (C=O) groups excluding carboxylic acids is 1. The molecule has 0 aromatic carbocycles. The lowest BCUT2D eigenvalue weighted by Crippen LogP contribution is -1.96. The lowest BCUT2D eigenvalue weighted by Gasteiger charge is -1.99. The van der Waals surface area contributed by atoms with Crippen molar-refractivity contribution >= 4 is 29.6 Å². The molecule has 2 nitrogen and oxygen atoms in total. The van der Waals surface area contributed by atoms with Gasteiger partial charge in [-0.05, 0) is 30.7 Å². The van der Waals surface area contributed by atoms with Gasteiger partial charge in [0.05, 0.1) is 11.0 Å². The quantitative estimate of drug-likeness (QED) is 0.707. The molecule has 0 aliphatic rings. The molecular weight excluding hydrogens is 196 g/mol. The molecule has 0 bridgehead atoms. The van der Waals surface area contributed by atoms with Crippen molar-refractivity contribution in [2.75, 3.05) is 0 Å². The second kappa shape index (κ2) is 4.58. The predicted molar refractivity (Wildman–Crippen MR) is 50.5 cm³/mol. The van der Waals surface area contributed by atoms with E-state index in [1.165, 1.54) is 11.8 Å². The number of rotatable bonds is 4. The minimum absolute atomic E-state index is 0.00822. The van der Waals surface area contributed by atoms with Crippen LogP contribution in [0.3, 0.4) is 0 Å². The molecule has 12 heavy (non-hydrogen) atoms. The Morgan fingerprint density at radius 1 is 1.75 bits per heavy atom. The highest BCUT2D eigenvalue weighted by molar-refractivity contribution is 7.99. The average molecular weight is 205 g/mol. The van der Waals surface area contributed by atoms with Crippen molar-refractivity contribution < 1.29 is 9.21 Å². The predicted octanol–water partition coefficient (Wildman–Crippen LogP) is 2.75. The lowest BCUT2D eigenvalue weighted by atomic mass is 10.5. The standard InChI is InChI=1S/C8H9ClO2S/c1-6(4-10)12-5-7-2-3-8(9)11-7/h2-4,6H,5H2,1H3. The fraction of sp³-hybridized carbons (Fsp3) is 0.375. The van der Waals surface area contributed by atoms with E-state index in [-0.39, 0.29) is 5.25 Å². The van der Waals surface area contributed by atoms with Crippen LogP contribution in [0.25, 0.3) is 0 Å². The molecule has 1 aromatic heterocycles. The zero-order valence-electron chi connectivity index (χ0n) is 6.62. The van der Waals surface area contributed by atoms with Crippen LogP contribution >= 0.6 is 23.4 Å². The summed E-state index contributed by atoms with van der Waals surface area (Å²) in [4.78, 5) is 10.3. The molecule has 66 valence electrons. The zero-order chi connectivity index (χ0) is 8.97. The Balaban J connectivity index is 2.37. The number of halogens is 1. The third kappa shape index (κ3) is 2.91. The van der Waals surface area contributed by atoms with Gasteiger partial charge in [0.25, 0.3) is 0 Å². The van der Waals surface area contributed by atoms with Gasteiger partial charge in [-0.1, -0.05) is 0 Å². The molecule has 1 unspecified atom stereocenters. The van der Waals surface area contributed by atoms with E-state index in [0.717, 1.165) is 12.0 Å². The molecule has 4 heteroatoms. The van der Waals surface area contributed by atoms with Crippen LogP contribution in [0.4, 0.5) is 0 Å². The first-order valence-corrected chi connectivity index (χ1v) is 4.96. The highest BCUT2D eigenvalue weighted by Gasteiger charge is 2.03. The van der Waals surface area contributed by atoms with E-state index in [2.05, 4.69) is 0 Å². The van der Waals surface area contributed by atoms with Crippen molar-refractivity contribution in [3.05, 3.63) is 23.1 Å². The van der Waals surface area contributed by atoms with Crippen molar-refractivity contribution in [2.24, 2.45) is 0 Å². The summed E-state index contributed by atoms with van der Waals surface area (Å²) < 4.78 is 5.11. The Hall–Kier alpha value is -0.410. The number of thioether (sulfide) groups is 1. The molecule has 0 fully saturated rings. The maximum atomic E-state index is 10.3. The van der Waals surface area contributed by atoms with Crippen LogP contribution in [0.5, 0.6) is 0 Å². The minimum Gasteiger partial charge on any atom is -0.449 e. The first kappa shape index (κ1) is 9.68. The van der Waals surface area contributed by atoms with Gasteiger partial charge in [-0.2, -0.15) is 0 Å². The Morgan fingerprint density at radius 2 is 2.50 bits per heavy atom. The van der Waals surface area contributed by atoms with Gasteiger partial charge in [0, 0.05) is 0 Å². The van der Waals surface area contributed by atoms with Crippen molar-refractivity contribution in [1.29, 1.82) is 0 Å². The summed E-state index contributed by atoms with van der Waals surface area (Å²) in [7, 11) is 0. The summed E-state index contributed by atoms with van der Waals surface area (Å²) in [6.45, 7) is 1.85. The largest absolute Gasteiger partial charge is 0.449 e. The second-order valence-corrected chi connectivity index (χ2v) is 4.10. The SMILES string of the molecule is CC(C=O)SCc1ccc(Cl)o1. The van der Waals surface area contributed by atoms with E-state index < -0.39 is 0 Å². The van der Waals surface area contributed by atoms with E-state index in [1.807, 2.05) is 13.0 Å². The summed E-state index contributed by atoms with van der Waals surface area (Å²) >= 11 is 7.09. The molecule has 0 aliphatic carbocycles. The third-order valence-corrected chi connectivity index (χ3v) is 2.60. The topological polar surface area (TPSA) is 30.2 Å². The molecule has 1 aromatic rings. The molecule has 0 amide bonds. The van der Waals surface area contributed by atoms with Gasteiger partial charge in [-0.15, -0.1) is 11.8 Å². The molecule has 0 saturated carbocycles. The molecule has 0 N–H and O–H groups in total. The Kier molecular flexibility index (Phi) is 3.69. The van der Waals surface area contributed by atoms with Crippen LogP contribution in [0.1, 0.15) is 12.7 Å². The molecule has 0 saturated heterocycles. The summed E-state index contributed by atoms with van der Waals surface area (Å²) in [5, 5.41) is 0.401. The van der Waals surface area contributed by atoms with Gasteiger partial charge in [0.1, 0.15) is 12.0 Å². The Labute approximate surface area is 80.3 Å². The third-order valence-electron chi connectivity index (χ3n) is 1.31. The number of hydrogen-bond acceptors (Lipinski definition) is 3. The van der Waals surface area contributed by atoms with Gasteiger partial charge in [0.15, 0.2) is 5.22 Å². The van der Waals surface area contributed by atoms with Gasteiger partial charge < -0.3 is 9.21 Å². The van der Waals surface area contributed by atoms with Gasteiger partial charge in [-0.3, -0.25) is 0 Å². The zero-order valence-corrected chi connectivity index (χ0v) is 8.19. The van der Waals surface area contributed by atoms with Crippen molar-refractivity contribution in [3.63, 3.8) is 0 Å². The van der Waals surface area contributed by atoms with Gasteiger partial charge in [0.2, 0.25) is 0 Å². The van der Waals surface area contributed by atoms with E-state index in [4.69, 9.17) is 16.0 Å². The fourth-order valence-electron chi connectivity index (χ4n) is 0.682. The van der Waals surface area contributed by atoms with Crippen LogP contribution < -0.4 is 0 Å². The van der Waals surface area contributed by atoms with Crippen LogP contribution in [-0.2, 0) is 10.5 Å². The van der Waals surface area contributed by atoms with Crippen LogP contribution in [0, 0.1) is 0 Å². The van der Waals surface area contributed by atoms with Crippen LogP contribution in [0.15, 0.2) is 16.5 Å². The van der Waals surface area contributed by atoms with E-state index in [1.54, 1.807) is 6.07 Å². The molecule has 1 rings (SSSR count). The van der Waals surface area contributed by atoms with Crippen molar-refractivity contribution in [2.45, 2.75) is 17.9 Å². The lowest BCUT2D eigenvalue weighted by molar-refractivity contribution is -0.107. The Bertz CT molecular complexity index is 259. The van der Waals surface area contributed by atoms with Crippen LogP contribution in [0.2, 0.25) is 5.22 Å². The maximum Gasteiger partial charge on any atom is 0.193 e.